The van der Waals surface area contributed by atoms with Crippen molar-refractivity contribution in [2.75, 3.05) is 0 Å². The summed E-state index contributed by atoms with van der Waals surface area (Å²) in [6.07, 6.45) is 0. The van der Waals surface area contributed by atoms with Gasteiger partial charge < -0.3 is 0 Å². The molecule has 1 aliphatic carbocycles. The van der Waals surface area contributed by atoms with Crippen molar-refractivity contribution in [3.8, 4) is 33.4 Å². The van der Waals surface area contributed by atoms with E-state index in [1.807, 2.05) is 11.3 Å². The van der Waals surface area contributed by atoms with Crippen LogP contribution in [0.1, 0.15) is 25.0 Å². The maximum absolute atomic E-state index is 2.46. The molecule has 0 saturated heterocycles. The summed E-state index contributed by atoms with van der Waals surface area (Å²) in [5, 5.41) is 8.02. The molecule has 0 atom stereocenters. The normalized spacial score (nSPS) is 13.7. The van der Waals surface area contributed by atoms with Crippen molar-refractivity contribution in [3.63, 3.8) is 0 Å². The quantitative estimate of drug-likeness (QED) is 0.187. The van der Waals surface area contributed by atoms with Crippen LogP contribution in [0, 0.1) is 0 Å². The van der Waals surface area contributed by atoms with Gasteiger partial charge in [-0.15, -0.1) is 11.3 Å². The van der Waals surface area contributed by atoms with E-state index in [1.54, 1.807) is 0 Å². The SMILES string of the molecule is CC1(C)c2ccc(-c3cccc4c3sc3ccccc34)cc2-c2ccc3c(cc(-c4ccccc4)c4ccccc43)c21. The zero-order chi connectivity index (χ0) is 28.0. The van der Waals surface area contributed by atoms with Crippen LogP contribution in [0.25, 0.3) is 75.1 Å². The summed E-state index contributed by atoms with van der Waals surface area (Å²) >= 11 is 1.90. The minimum absolute atomic E-state index is 0.108. The van der Waals surface area contributed by atoms with Gasteiger partial charge in [-0.1, -0.05) is 129 Å². The molecule has 0 aliphatic heterocycles. The van der Waals surface area contributed by atoms with Crippen LogP contribution in [0.5, 0.6) is 0 Å². The molecule has 1 aromatic heterocycles. The van der Waals surface area contributed by atoms with Gasteiger partial charge in [0.2, 0.25) is 0 Å². The maximum Gasteiger partial charge on any atom is 0.0433 e. The first-order valence-corrected chi connectivity index (χ1v) is 15.5. The molecule has 42 heavy (non-hydrogen) atoms. The van der Waals surface area contributed by atoms with Crippen LogP contribution in [-0.2, 0) is 5.41 Å². The molecule has 0 amide bonds. The minimum atomic E-state index is -0.108. The molecule has 0 N–H and O–H groups in total. The van der Waals surface area contributed by atoms with Crippen molar-refractivity contribution in [1.29, 1.82) is 0 Å². The number of fused-ring (bicyclic) bond motifs is 10. The van der Waals surface area contributed by atoms with Gasteiger partial charge in [-0.05, 0) is 84.3 Å². The van der Waals surface area contributed by atoms with Gasteiger partial charge in [0, 0.05) is 25.6 Å². The summed E-state index contributed by atoms with van der Waals surface area (Å²) < 4.78 is 2.72. The molecule has 198 valence electrons. The van der Waals surface area contributed by atoms with E-state index in [-0.39, 0.29) is 5.41 Å². The van der Waals surface area contributed by atoms with E-state index in [4.69, 9.17) is 0 Å². The average Bonchev–Trinajstić information content (AvgIpc) is 3.53. The van der Waals surface area contributed by atoms with Crippen LogP contribution < -0.4 is 0 Å². The Morgan fingerprint density at radius 1 is 0.429 bits per heavy atom. The van der Waals surface area contributed by atoms with Crippen molar-refractivity contribution in [2.24, 2.45) is 0 Å². The number of hydrogen-bond acceptors (Lipinski definition) is 1. The Kier molecular flexibility index (Phi) is 4.93. The second-order valence-electron chi connectivity index (χ2n) is 12.1. The smallest absolute Gasteiger partial charge is 0.0433 e. The molecule has 1 aliphatic rings. The van der Waals surface area contributed by atoms with Gasteiger partial charge in [0.15, 0.2) is 0 Å². The second kappa shape index (κ2) is 8.64. The summed E-state index contributed by atoms with van der Waals surface area (Å²) in [5.74, 6) is 0. The largest absolute Gasteiger partial charge is 0.135 e. The van der Waals surface area contributed by atoms with E-state index < -0.39 is 0 Å². The lowest BCUT2D eigenvalue weighted by molar-refractivity contribution is 0.666. The molecule has 0 nitrogen and oxygen atoms in total. The van der Waals surface area contributed by atoms with Crippen LogP contribution in [0.4, 0.5) is 0 Å². The molecular formula is C41H28S. The van der Waals surface area contributed by atoms with E-state index in [1.165, 1.54) is 86.2 Å². The lowest BCUT2D eigenvalue weighted by Gasteiger charge is -2.24. The Morgan fingerprint density at radius 3 is 2.00 bits per heavy atom. The third-order valence-corrected chi connectivity index (χ3v) is 10.7. The van der Waals surface area contributed by atoms with E-state index in [2.05, 4.69) is 147 Å². The Labute approximate surface area is 249 Å². The van der Waals surface area contributed by atoms with Crippen molar-refractivity contribution < 1.29 is 0 Å². The van der Waals surface area contributed by atoms with E-state index in [0.717, 1.165) is 0 Å². The van der Waals surface area contributed by atoms with Crippen LogP contribution in [0.15, 0.2) is 133 Å². The molecule has 0 radical (unpaired) electrons. The van der Waals surface area contributed by atoms with Crippen LogP contribution in [0.2, 0.25) is 0 Å². The van der Waals surface area contributed by atoms with Gasteiger partial charge >= 0.3 is 0 Å². The van der Waals surface area contributed by atoms with Gasteiger partial charge in [0.1, 0.15) is 0 Å². The zero-order valence-corrected chi connectivity index (χ0v) is 24.4. The monoisotopic (exact) mass is 552 g/mol. The number of benzene rings is 7. The molecular weight excluding hydrogens is 525 g/mol. The van der Waals surface area contributed by atoms with E-state index >= 15 is 0 Å². The summed E-state index contributed by atoms with van der Waals surface area (Å²) in [7, 11) is 0. The Balaban J connectivity index is 1.31. The fourth-order valence-corrected chi connectivity index (χ4v) is 8.76. The first-order chi connectivity index (χ1) is 20.6. The summed E-state index contributed by atoms with van der Waals surface area (Å²) in [6.45, 7) is 4.81. The van der Waals surface area contributed by atoms with Gasteiger partial charge in [0.25, 0.3) is 0 Å². The highest BCUT2D eigenvalue weighted by Gasteiger charge is 2.37. The summed E-state index contributed by atoms with van der Waals surface area (Å²) in [6, 6.07) is 49.7. The fourth-order valence-electron chi connectivity index (χ4n) is 7.52. The third kappa shape index (κ3) is 3.23. The lowest BCUT2D eigenvalue weighted by Crippen LogP contribution is -2.15. The van der Waals surface area contributed by atoms with Crippen molar-refractivity contribution >= 4 is 53.1 Å². The lowest BCUT2D eigenvalue weighted by atomic mass is 9.79. The number of thiophene rings is 1. The van der Waals surface area contributed by atoms with Gasteiger partial charge in [0.05, 0.1) is 0 Å². The second-order valence-corrected chi connectivity index (χ2v) is 13.1. The molecule has 0 unspecified atom stereocenters. The van der Waals surface area contributed by atoms with Crippen molar-refractivity contribution in [2.45, 2.75) is 19.3 Å². The number of rotatable bonds is 2. The molecule has 0 bridgehead atoms. The Hall–Kier alpha value is -4.72. The first kappa shape index (κ1) is 23.9. The van der Waals surface area contributed by atoms with E-state index in [9.17, 15) is 0 Å². The molecule has 1 heterocycles. The molecule has 0 fully saturated rings. The Bertz CT molecular complexity index is 2370. The highest BCUT2D eigenvalue weighted by Crippen LogP contribution is 2.54. The molecule has 0 spiro atoms. The highest BCUT2D eigenvalue weighted by molar-refractivity contribution is 7.26. The molecule has 0 saturated carbocycles. The Morgan fingerprint density at radius 2 is 1.14 bits per heavy atom. The zero-order valence-electron chi connectivity index (χ0n) is 23.6. The summed E-state index contributed by atoms with van der Waals surface area (Å²) in [4.78, 5) is 0. The molecule has 7 aromatic carbocycles. The van der Waals surface area contributed by atoms with Gasteiger partial charge in [-0.3, -0.25) is 0 Å². The van der Waals surface area contributed by atoms with Crippen LogP contribution in [0.3, 0.4) is 0 Å². The van der Waals surface area contributed by atoms with Crippen molar-refractivity contribution in [1.82, 2.24) is 0 Å². The fraction of sp³-hybridized carbons (Fsp3) is 0.0732. The standard InChI is InChI=1S/C41H28S/c1-41(2)37-22-19-26(27-16-10-17-33-31-15-8-9-18-38(31)42-40(27)33)23-35(37)32-21-20-30-28-13-6-7-14-29(28)34(24-36(30)39(32)41)25-11-4-3-5-12-25/h3-24H,1-2H3. The molecule has 1 heteroatoms. The van der Waals surface area contributed by atoms with Gasteiger partial charge in [-0.2, -0.15) is 0 Å². The molecule has 9 rings (SSSR count). The van der Waals surface area contributed by atoms with Crippen LogP contribution in [-0.4, -0.2) is 0 Å². The topological polar surface area (TPSA) is 0 Å². The predicted octanol–water partition coefficient (Wildman–Crippen LogP) is 12.0. The summed E-state index contributed by atoms with van der Waals surface area (Å²) in [5.41, 5.74) is 10.6. The predicted molar refractivity (Wildman–Crippen MR) is 183 cm³/mol. The van der Waals surface area contributed by atoms with E-state index in [0.29, 0.717) is 0 Å². The van der Waals surface area contributed by atoms with Crippen LogP contribution >= 0.6 is 11.3 Å². The average molecular weight is 553 g/mol. The highest BCUT2D eigenvalue weighted by atomic mass is 32.1. The minimum Gasteiger partial charge on any atom is -0.135 e. The maximum atomic E-state index is 2.46. The first-order valence-electron chi connectivity index (χ1n) is 14.7. The molecule has 8 aromatic rings. The van der Waals surface area contributed by atoms with Crippen molar-refractivity contribution in [3.05, 3.63) is 145 Å². The van der Waals surface area contributed by atoms with Gasteiger partial charge in [-0.25, -0.2) is 0 Å². The third-order valence-electron chi connectivity index (χ3n) is 9.45. The number of hydrogen-bond donors (Lipinski definition) is 0.